The van der Waals surface area contributed by atoms with E-state index in [-0.39, 0.29) is 17.7 Å². The Balaban J connectivity index is 2.16. The largest absolute Gasteiger partial charge is 0.497 e. The molecule has 2 atom stereocenters. The van der Waals surface area contributed by atoms with Crippen molar-refractivity contribution in [3.63, 3.8) is 0 Å². The van der Waals surface area contributed by atoms with Gasteiger partial charge in [-0.3, -0.25) is 9.59 Å². The lowest BCUT2D eigenvalue weighted by Crippen LogP contribution is -2.53. The Kier molecular flexibility index (Phi) is 6.89. The van der Waals surface area contributed by atoms with E-state index < -0.39 is 6.04 Å². The third-order valence-corrected chi connectivity index (χ3v) is 4.80. The van der Waals surface area contributed by atoms with Crippen LogP contribution in [-0.2, 0) is 4.79 Å². The quantitative estimate of drug-likeness (QED) is 0.845. The molecule has 1 aromatic carbocycles. The van der Waals surface area contributed by atoms with Gasteiger partial charge in [0.15, 0.2) is 0 Å². The number of ether oxygens (including phenoxy) is 2. The molecule has 6 nitrogen and oxygen atoms in total. The molecular formula is C20H30N2O4. The number of nitrogens with zero attached hydrogens (tertiary/aromatic N) is 1. The highest BCUT2D eigenvalue weighted by Crippen LogP contribution is 2.23. The standard InChI is InChI=1S/C20H30N2O4/c1-13(2)18(20(24)22-8-6-7-14(3)12-22)21-19(23)15-9-16(25-4)11-17(10-15)26-5/h9-11,13-14,18H,6-8,12H2,1-5H3,(H,21,23)/t14-,18+/m0/s1. The number of methoxy groups -OCH3 is 2. The van der Waals surface area contributed by atoms with Crippen molar-refractivity contribution >= 4 is 11.8 Å². The third kappa shape index (κ3) is 4.90. The minimum Gasteiger partial charge on any atom is -0.497 e. The molecule has 0 unspecified atom stereocenters. The maximum absolute atomic E-state index is 13.0. The van der Waals surface area contributed by atoms with E-state index in [9.17, 15) is 9.59 Å². The molecule has 0 aliphatic carbocycles. The first kappa shape index (κ1) is 20.1. The van der Waals surface area contributed by atoms with E-state index in [2.05, 4.69) is 12.2 Å². The highest BCUT2D eigenvalue weighted by Gasteiger charge is 2.31. The zero-order valence-corrected chi connectivity index (χ0v) is 16.4. The molecular weight excluding hydrogens is 332 g/mol. The first-order valence-electron chi connectivity index (χ1n) is 9.18. The van der Waals surface area contributed by atoms with Crippen LogP contribution in [-0.4, -0.2) is 50.1 Å². The van der Waals surface area contributed by atoms with Crippen LogP contribution in [0.1, 0.15) is 44.0 Å². The van der Waals surface area contributed by atoms with E-state index in [4.69, 9.17) is 9.47 Å². The van der Waals surface area contributed by atoms with Crippen molar-refractivity contribution in [3.8, 4) is 11.5 Å². The van der Waals surface area contributed by atoms with Gasteiger partial charge < -0.3 is 19.7 Å². The summed E-state index contributed by atoms with van der Waals surface area (Å²) in [7, 11) is 3.07. The molecule has 1 aliphatic heterocycles. The van der Waals surface area contributed by atoms with Crippen LogP contribution in [0.4, 0.5) is 0 Å². The SMILES string of the molecule is COc1cc(OC)cc(C(=O)N[C@@H](C(=O)N2CCC[C@H](C)C2)C(C)C)c1. The van der Waals surface area contributed by atoms with E-state index in [1.54, 1.807) is 18.2 Å². The predicted octanol–water partition coefficient (Wildman–Crippen LogP) is 2.72. The zero-order chi connectivity index (χ0) is 19.3. The van der Waals surface area contributed by atoms with E-state index in [1.807, 2.05) is 18.7 Å². The summed E-state index contributed by atoms with van der Waals surface area (Å²) < 4.78 is 10.4. The van der Waals surface area contributed by atoms with Crippen LogP contribution in [0.3, 0.4) is 0 Å². The molecule has 1 aliphatic rings. The highest BCUT2D eigenvalue weighted by atomic mass is 16.5. The Morgan fingerprint density at radius 3 is 2.27 bits per heavy atom. The average molecular weight is 362 g/mol. The lowest BCUT2D eigenvalue weighted by atomic mass is 9.97. The van der Waals surface area contributed by atoms with Crippen molar-refractivity contribution in [2.24, 2.45) is 11.8 Å². The number of carbonyl (C=O) groups is 2. The van der Waals surface area contributed by atoms with Gasteiger partial charge in [-0.15, -0.1) is 0 Å². The monoisotopic (exact) mass is 362 g/mol. The Morgan fingerprint density at radius 2 is 1.77 bits per heavy atom. The topological polar surface area (TPSA) is 67.9 Å². The van der Waals surface area contributed by atoms with Crippen LogP contribution in [0.2, 0.25) is 0 Å². The molecule has 0 aromatic heterocycles. The van der Waals surface area contributed by atoms with Crippen LogP contribution in [0.15, 0.2) is 18.2 Å². The summed E-state index contributed by atoms with van der Waals surface area (Å²) >= 11 is 0. The van der Waals surface area contributed by atoms with Gasteiger partial charge in [0.05, 0.1) is 14.2 Å². The highest BCUT2D eigenvalue weighted by molar-refractivity contribution is 5.98. The summed E-state index contributed by atoms with van der Waals surface area (Å²) in [5.74, 6) is 1.25. The molecule has 6 heteroatoms. The predicted molar refractivity (Wildman–Crippen MR) is 101 cm³/mol. The lowest BCUT2D eigenvalue weighted by Gasteiger charge is -2.35. The number of benzene rings is 1. The third-order valence-electron chi connectivity index (χ3n) is 4.80. The fourth-order valence-electron chi connectivity index (χ4n) is 3.26. The molecule has 0 saturated carbocycles. The number of likely N-dealkylation sites (tertiary alicyclic amines) is 1. The number of amides is 2. The molecule has 0 spiro atoms. The van der Waals surface area contributed by atoms with Gasteiger partial charge in [0, 0.05) is 24.7 Å². The second-order valence-electron chi connectivity index (χ2n) is 7.33. The Bertz CT molecular complexity index is 622. The van der Waals surface area contributed by atoms with E-state index >= 15 is 0 Å². The molecule has 144 valence electrons. The van der Waals surface area contributed by atoms with E-state index in [0.29, 0.717) is 23.0 Å². The molecule has 2 amide bonds. The van der Waals surface area contributed by atoms with E-state index in [1.165, 1.54) is 14.2 Å². The lowest BCUT2D eigenvalue weighted by molar-refractivity contribution is -0.136. The van der Waals surface area contributed by atoms with Crippen molar-refractivity contribution in [2.45, 2.75) is 39.7 Å². The number of hydrogen-bond donors (Lipinski definition) is 1. The minimum absolute atomic E-state index is 0.00353. The summed E-state index contributed by atoms with van der Waals surface area (Å²) in [5.41, 5.74) is 0.409. The summed E-state index contributed by atoms with van der Waals surface area (Å²) in [6, 6.07) is 4.44. The molecule has 1 fully saturated rings. The average Bonchev–Trinajstić information content (AvgIpc) is 2.64. The van der Waals surface area contributed by atoms with Crippen molar-refractivity contribution < 1.29 is 19.1 Å². The molecule has 1 heterocycles. The molecule has 0 radical (unpaired) electrons. The molecule has 1 saturated heterocycles. The Hall–Kier alpha value is -2.24. The van der Waals surface area contributed by atoms with Gasteiger partial charge >= 0.3 is 0 Å². The van der Waals surface area contributed by atoms with Crippen LogP contribution >= 0.6 is 0 Å². The molecule has 0 bridgehead atoms. The van der Waals surface area contributed by atoms with Gasteiger partial charge in [-0.25, -0.2) is 0 Å². The van der Waals surface area contributed by atoms with Gasteiger partial charge in [0.1, 0.15) is 17.5 Å². The van der Waals surface area contributed by atoms with Gasteiger partial charge in [0.25, 0.3) is 5.91 Å². The second-order valence-corrected chi connectivity index (χ2v) is 7.33. The second kappa shape index (κ2) is 8.92. The summed E-state index contributed by atoms with van der Waals surface area (Å²) in [4.78, 5) is 27.6. The van der Waals surface area contributed by atoms with Gasteiger partial charge in [-0.2, -0.15) is 0 Å². The number of nitrogens with one attached hydrogen (secondary N) is 1. The fourth-order valence-corrected chi connectivity index (χ4v) is 3.26. The van der Waals surface area contributed by atoms with E-state index in [0.717, 1.165) is 25.9 Å². The number of rotatable bonds is 6. The number of piperidine rings is 1. The Morgan fingerprint density at radius 1 is 1.15 bits per heavy atom. The molecule has 2 rings (SSSR count). The molecule has 1 N–H and O–H groups in total. The van der Waals surface area contributed by atoms with Gasteiger partial charge in [0.2, 0.25) is 5.91 Å². The first-order chi connectivity index (χ1) is 12.3. The van der Waals surface area contributed by atoms with Crippen molar-refractivity contribution in [1.82, 2.24) is 10.2 Å². The maximum atomic E-state index is 13.0. The number of carbonyl (C=O) groups excluding carboxylic acids is 2. The Labute approximate surface area is 155 Å². The number of hydrogen-bond acceptors (Lipinski definition) is 4. The zero-order valence-electron chi connectivity index (χ0n) is 16.4. The van der Waals surface area contributed by atoms with Crippen molar-refractivity contribution in [2.75, 3.05) is 27.3 Å². The normalized spacial score (nSPS) is 18.4. The minimum atomic E-state index is -0.551. The molecule has 26 heavy (non-hydrogen) atoms. The van der Waals surface area contributed by atoms with Gasteiger partial charge in [-0.05, 0) is 36.8 Å². The van der Waals surface area contributed by atoms with Crippen LogP contribution < -0.4 is 14.8 Å². The van der Waals surface area contributed by atoms with Crippen molar-refractivity contribution in [3.05, 3.63) is 23.8 Å². The smallest absolute Gasteiger partial charge is 0.252 e. The van der Waals surface area contributed by atoms with Crippen LogP contribution in [0, 0.1) is 11.8 Å². The summed E-state index contributed by atoms with van der Waals surface area (Å²) in [6.45, 7) is 7.57. The van der Waals surface area contributed by atoms with Gasteiger partial charge in [-0.1, -0.05) is 20.8 Å². The fraction of sp³-hybridized carbons (Fsp3) is 0.600. The van der Waals surface area contributed by atoms with Crippen molar-refractivity contribution in [1.29, 1.82) is 0 Å². The van der Waals surface area contributed by atoms with Crippen LogP contribution in [0.25, 0.3) is 0 Å². The summed E-state index contributed by atoms with van der Waals surface area (Å²) in [6.07, 6.45) is 2.16. The first-order valence-corrected chi connectivity index (χ1v) is 9.18. The van der Waals surface area contributed by atoms with Crippen LogP contribution in [0.5, 0.6) is 11.5 Å². The maximum Gasteiger partial charge on any atom is 0.252 e. The summed E-state index contributed by atoms with van der Waals surface area (Å²) in [5, 5.41) is 2.91. The molecule has 1 aromatic rings.